The Kier molecular flexibility index (Phi) is 5.82. The average molecular weight is 530 g/mol. The van der Waals surface area contributed by atoms with Crippen LogP contribution in [0.3, 0.4) is 0 Å². The van der Waals surface area contributed by atoms with Crippen LogP contribution in [0.1, 0.15) is 30.0 Å². The molecule has 35 heavy (non-hydrogen) atoms. The van der Waals surface area contributed by atoms with E-state index in [0.29, 0.717) is 12.4 Å². The van der Waals surface area contributed by atoms with Gasteiger partial charge in [0, 0.05) is 47.0 Å². The standard InChI is InChI=1S/C28H28BrN5O/c1-34-17-21(15-33-34)20-13-24-27(31-14-20)35-25(16-30-24)26(19-5-3-2-4-6-19)32-18-28(11-12-28)22-7-9-23(29)10-8-22/h2-10,13-15,17,25-26,30,32H,11-12,16,18H2,1H3/t25-,26+/m0/s1. The zero-order chi connectivity index (χ0) is 23.8. The number of ether oxygens (including phenoxy) is 1. The second-order valence-corrected chi connectivity index (χ2v) is 10.5. The number of rotatable bonds is 7. The molecule has 0 radical (unpaired) electrons. The highest BCUT2D eigenvalue weighted by Gasteiger charge is 2.45. The van der Waals surface area contributed by atoms with Crippen molar-refractivity contribution in [2.24, 2.45) is 7.05 Å². The van der Waals surface area contributed by atoms with Crippen LogP contribution in [0.15, 0.2) is 83.7 Å². The number of benzene rings is 2. The molecule has 2 aromatic heterocycles. The van der Waals surface area contributed by atoms with E-state index in [2.05, 4.69) is 97.3 Å². The van der Waals surface area contributed by atoms with Crippen LogP contribution in [0.2, 0.25) is 0 Å². The number of pyridine rings is 1. The largest absolute Gasteiger partial charge is 0.469 e. The Morgan fingerprint density at radius 3 is 2.63 bits per heavy atom. The highest BCUT2D eigenvalue weighted by atomic mass is 79.9. The number of aromatic nitrogens is 3. The highest BCUT2D eigenvalue weighted by molar-refractivity contribution is 9.10. The topological polar surface area (TPSA) is 64.0 Å². The number of nitrogens with one attached hydrogen (secondary N) is 2. The van der Waals surface area contributed by atoms with Crippen molar-refractivity contribution in [2.45, 2.75) is 30.4 Å². The first kappa shape index (κ1) is 22.3. The lowest BCUT2D eigenvalue weighted by Gasteiger charge is -2.34. The van der Waals surface area contributed by atoms with Gasteiger partial charge in [0.25, 0.3) is 0 Å². The van der Waals surface area contributed by atoms with Crippen molar-refractivity contribution >= 4 is 21.6 Å². The second-order valence-electron chi connectivity index (χ2n) is 9.57. The minimum absolute atomic E-state index is 0.0459. The first-order valence-corrected chi connectivity index (χ1v) is 12.8. The molecule has 6 nitrogen and oxygen atoms in total. The van der Waals surface area contributed by atoms with Crippen molar-refractivity contribution in [1.82, 2.24) is 20.1 Å². The van der Waals surface area contributed by atoms with Crippen molar-refractivity contribution in [3.8, 4) is 17.0 Å². The Bertz CT molecular complexity index is 1320. The van der Waals surface area contributed by atoms with Crippen LogP contribution in [0, 0.1) is 0 Å². The molecule has 0 bridgehead atoms. The summed E-state index contributed by atoms with van der Waals surface area (Å²) in [6, 6.07) is 21.5. The van der Waals surface area contributed by atoms with Crippen molar-refractivity contribution in [3.63, 3.8) is 0 Å². The molecule has 1 aliphatic carbocycles. The van der Waals surface area contributed by atoms with Crippen molar-refractivity contribution in [1.29, 1.82) is 0 Å². The van der Waals surface area contributed by atoms with E-state index >= 15 is 0 Å². The van der Waals surface area contributed by atoms with E-state index in [1.807, 2.05) is 25.6 Å². The molecule has 6 rings (SSSR count). The van der Waals surface area contributed by atoms with E-state index < -0.39 is 0 Å². The Labute approximate surface area is 213 Å². The normalized spacial score (nSPS) is 18.7. The number of hydrogen-bond donors (Lipinski definition) is 2. The van der Waals surface area contributed by atoms with E-state index in [1.54, 1.807) is 4.68 Å². The maximum Gasteiger partial charge on any atom is 0.237 e. The molecule has 1 aliphatic heterocycles. The lowest BCUT2D eigenvalue weighted by molar-refractivity contribution is 0.149. The molecule has 0 unspecified atom stereocenters. The molecule has 7 heteroatoms. The van der Waals surface area contributed by atoms with E-state index in [0.717, 1.165) is 27.8 Å². The summed E-state index contributed by atoms with van der Waals surface area (Å²) in [7, 11) is 1.92. The molecule has 1 fully saturated rings. The number of halogens is 1. The molecular weight excluding hydrogens is 502 g/mol. The summed E-state index contributed by atoms with van der Waals surface area (Å²) >= 11 is 3.56. The maximum atomic E-state index is 6.49. The molecule has 2 aromatic carbocycles. The molecule has 4 aromatic rings. The summed E-state index contributed by atoms with van der Waals surface area (Å²) < 4.78 is 9.40. The summed E-state index contributed by atoms with van der Waals surface area (Å²) in [5.74, 6) is 0.644. The quantitative estimate of drug-likeness (QED) is 0.332. The molecular formula is C28H28BrN5O. The monoisotopic (exact) mass is 529 g/mol. The Morgan fingerprint density at radius 1 is 1.11 bits per heavy atom. The second kappa shape index (κ2) is 9.13. The van der Waals surface area contributed by atoms with Crippen LogP contribution in [0.4, 0.5) is 5.69 Å². The molecule has 2 N–H and O–H groups in total. The predicted molar refractivity (Wildman–Crippen MR) is 142 cm³/mol. The van der Waals surface area contributed by atoms with Crippen LogP contribution in [-0.2, 0) is 12.5 Å². The molecule has 0 amide bonds. The first-order chi connectivity index (χ1) is 17.1. The van der Waals surface area contributed by atoms with Crippen LogP contribution in [0.5, 0.6) is 5.88 Å². The molecule has 2 aliphatic rings. The van der Waals surface area contributed by atoms with Gasteiger partial charge in [-0.25, -0.2) is 4.98 Å². The molecule has 1 saturated carbocycles. The molecule has 178 valence electrons. The average Bonchev–Trinajstić information content (AvgIpc) is 3.56. The summed E-state index contributed by atoms with van der Waals surface area (Å²) in [5, 5.41) is 11.7. The first-order valence-electron chi connectivity index (χ1n) is 12.0. The number of aryl methyl sites for hydroxylation is 1. The van der Waals surface area contributed by atoms with Crippen molar-refractivity contribution in [2.75, 3.05) is 18.4 Å². The van der Waals surface area contributed by atoms with Gasteiger partial charge in [0.2, 0.25) is 5.88 Å². The fraction of sp³-hybridized carbons (Fsp3) is 0.286. The SMILES string of the molecule is Cn1cc(-c2cnc3c(c2)NC[C@@H]([C@H](NCC2(c4ccc(Br)cc4)CC2)c2ccccc2)O3)cn1. The molecule has 2 atom stereocenters. The van der Waals surface area contributed by atoms with Gasteiger partial charge in [-0.05, 0) is 42.2 Å². The van der Waals surface area contributed by atoms with Gasteiger partial charge in [0.1, 0.15) is 6.10 Å². The summed E-state index contributed by atoms with van der Waals surface area (Å²) in [6.07, 6.45) is 8.03. The summed E-state index contributed by atoms with van der Waals surface area (Å²) in [5.41, 5.74) is 5.80. The van der Waals surface area contributed by atoms with Gasteiger partial charge < -0.3 is 15.4 Å². The van der Waals surface area contributed by atoms with Crippen molar-refractivity contribution in [3.05, 3.63) is 94.9 Å². The van der Waals surface area contributed by atoms with E-state index in [-0.39, 0.29) is 17.6 Å². The molecule has 0 spiro atoms. The third-order valence-corrected chi connectivity index (χ3v) is 7.68. The van der Waals surface area contributed by atoms with Gasteiger partial charge in [0.05, 0.1) is 24.5 Å². The summed E-state index contributed by atoms with van der Waals surface area (Å²) in [6.45, 7) is 1.61. The van der Waals surface area contributed by atoms with Gasteiger partial charge in [-0.1, -0.05) is 58.4 Å². The predicted octanol–water partition coefficient (Wildman–Crippen LogP) is 5.48. The zero-order valence-electron chi connectivity index (χ0n) is 19.6. The third kappa shape index (κ3) is 4.58. The van der Waals surface area contributed by atoms with Gasteiger partial charge in [-0.2, -0.15) is 5.10 Å². The fourth-order valence-corrected chi connectivity index (χ4v) is 5.20. The number of hydrogen-bond acceptors (Lipinski definition) is 5. The van der Waals surface area contributed by atoms with Gasteiger partial charge >= 0.3 is 0 Å². The molecule has 0 saturated heterocycles. The lowest BCUT2D eigenvalue weighted by Crippen LogP contribution is -2.44. The maximum absolute atomic E-state index is 6.49. The van der Waals surface area contributed by atoms with E-state index in [4.69, 9.17) is 4.74 Å². The highest BCUT2D eigenvalue weighted by Crippen LogP contribution is 2.48. The van der Waals surface area contributed by atoms with Gasteiger partial charge in [-0.3, -0.25) is 4.68 Å². The minimum Gasteiger partial charge on any atom is -0.469 e. The van der Waals surface area contributed by atoms with Gasteiger partial charge in [0.15, 0.2) is 0 Å². The van der Waals surface area contributed by atoms with E-state index in [1.165, 1.54) is 24.0 Å². The number of anilines is 1. The smallest absolute Gasteiger partial charge is 0.237 e. The van der Waals surface area contributed by atoms with E-state index in [9.17, 15) is 0 Å². The van der Waals surface area contributed by atoms with Crippen molar-refractivity contribution < 1.29 is 4.74 Å². The van der Waals surface area contributed by atoms with Crippen LogP contribution < -0.4 is 15.4 Å². The Balaban J connectivity index is 1.22. The zero-order valence-corrected chi connectivity index (χ0v) is 21.2. The Morgan fingerprint density at radius 2 is 1.91 bits per heavy atom. The summed E-state index contributed by atoms with van der Waals surface area (Å²) in [4.78, 5) is 4.65. The fourth-order valence-electron chi connectivity index (χ4n) is 4.93. The number of nitrogens with zero attached hydrogens (tertiary/aromatic N) is 3. The lowest BCUT2D eigenvalue weighted by atomic mass is 9.94. The minimum atomic E-state index is -0.0811. The van der Waals surface area contributed by atoms with Crippen LogP contribution in [0.25, 0.3) is 11.1 Å². The Hall–Kier alpha value is -3.16. The molecule has 3 heterocycles. The van der Waals surface area contributed by atoms with Crippen LogP contribution in [-0.4, -0.2) is 34.0 Å². The third-order valence-electron chi connectivity index (χ3n) is 7.15. The van der Waals surface area contributed by atoms with Crippen LogP contribution >= 0.6 is 15.9 Å². The number of fused-ring (bicyclic) bond motifs is 1. The van der Waals surface area contributed by atoms with Gasteiger partial charge in [-0.15, -0.1) is 0 Å².